The molecule has 0 amide bonds. The molecule has 0 radical (unpaired) electrons. The summed E-state index contributed by atoms with van der Waals surface area (Å²) in [7, 11) is 0. The first kappa shape index (κ1) is 11.0. The van der Waals surface area contributed by atoms with Crippen LogP contribution < -0.4 is 5.32 Å². The fourth-order valence-corrected chi connectivity index (χ4v) is 3.25. The topological polar surface area (TPSA) is 12.0 Å². The zero-order valence-electron chi connectivity index (χ0n) is 9.28. The van der Waals surface area contributed by atoms with Gasteiger partial charge in [0.25, 0.3) is 0 Å². The molecular formula is C13H19NS. The zero-order chi connectivity index (χ0) is 10.5. The van der Waals surface area contributed by atoms with Crippen molar-refractivity contribution in [2.24, 2.45) is 0 Å². The highest BCUT2D eigenvalue weighted by molar-refractivity contribution is 7.99. The lowest BCUT2D eigenvalue weighted by molar-refractivity contribution is 0.451. The number of nitrogens with one attached hydrogen (secondary N) is 1. The molecule has 1 heterocycles. The van der Waals surface area contributed by atoms with Gasteiger partial charge in [-0.2, -0.15) is 11.8 Å². The Balaban J connectivity index is 1.97. The molecule has 2 unspecified atom stereocenters. The summed E-state index contributed by atoms with van der Waals surface area (Å²) in [4.78, 5) is 0. The molecule has 0 bridgehead atoms. The molecule has 2 atom stereocenters. The van der Waals surface area contributed by atoms with Crippen molar-refractivity contribution in [3.63, 3.8) is 0 Å². The van der Waals surface area contributed by atoms with Crippen LogP contribution >= 0.6 is 11.8 Å². The highest BCUT2D eigenvalue weighted by atomic mass is 32.2. The van der Waals surface area contributed by atoms with E-state index in [0.29, 0.717) is 6.04 Å². The van der Waals surface area contributed by atoms with Gasteiger partial charge in [-0.1, -0.05) is 37.3 Å². The van der Waals surface area contributed by atoms with Gasteiger partial charge in [-0.05, 0) is 24.2 Å². The molecule has 1 nitrogen and oxygen atoms in total. The Bertz CT molecular complexity index is 280. The first-order chi connectivity index (χ1) is 7.40. The summed E-state index contributed by atoms with van der Waals surface area (Å²) < 4.78 is 0. The van der Waals surface area contributed by atoms with Crippen LogP contribution in [0.3, 0.4) is 0 Å². The van der Waals surface area contributed by atoms with Gasteiger partial charge in [-0.3, -0.25) is 0 Å². The third kappa shape index (κ3) is 2.99. The molecule has 2 heteroatoms. The van der Waals surface area contributed by atoms with Crippen LogP contribution in [0.5, 0.6) is 0 Å². The molecule has 1 saturated heterocycles. The predicted octanol–water partition coefficient (Wildman–Crippen LogP) is 3.23. The number of benzene rings is 1. The van der Waals surface area contributed by atoms with Crippen molar-refractivity contribution in [3.8, 4) is 0 Å². The van der Waals surface area contributed by atoms with Gasteiger partial charge in [0, 0.05) is 17.8 Å². The quantitative estimate of drug-likeness (QED) is 0.837. The zero-order valence-corrected chi connectivity index (χ0v) is 10.1. The molecule has 82 valence electrons. The summed E-state index contributed by atoms with van der Waals surface area (Å²) in [6.07, 6.45) is 2.50. The molecule has 2 rings (SSSR count). The standard InChI is InChI=1S/C13H19NS/c1-2-13(11-6-4-3-5-7-11)14-12-8-9-15-10-12/h3-7,12-14H,2,8-10H2,1H3. The van der Waals surface area contributed by atoms with Crippen molar-refractivity contribution in [1.29, 1.82) is 0 Å². The molecule has 0 spiro atoms. The summed E-state index contributed by atoms with van der Waals surface area (Å²) in [5.74, 6) is 2.60. The summed E-state index contributed by atoms with van der Waals surface area (Å²) in [6, 6.07) is 12.1. The lowest BCUT2D eigenvalue weighted by Gasteiger charge is -2.21. The highest BCUT2D eigenvalue weighted by Crippen LogP contribution is 2.22. The monoisotopic (exact) mass is 221 g/mol. The van der Waals surface area contributed by atoms with Gasteiger partial charge >= 0.3 is 0 Å². The minimum Gasteiger partial charge on any atom is -0.306 e. The predicted molar refractivity (Wildman–Crippen MR) is 68.3 cm³/mol. The third-order valence-electron chi connectivity index (χ3n) is 2.98. The molecule has 15 heavy (non-hydrogen) atoms. The first-order valence-electron chi connectivity index (χ1n) is 5.79. The van der Waals surface area contributed by atoms with Crippen molar-refractivity contribution < 1.29 is 0 Å². The first-order valence-corrected chi connectivity index (χ1v) is 6.94. The molecule has 0 aromatic heterocycles. The second-order valence-corrected chi connectivity index (χ2v) is 5.25. The Morgan fingerprint density at radius 2 is 2.20 bits per heavy atom. The lowest BCUT2D eigenvalue weighted by atomic mass is 10.0. The maximum absolute atomic E-state index is 3.76. The van der Waals surface area contributed by atoms with Crippen LogP contribution in [0.15, 0.2) is 30.3 Å². The molecule has 1 fully saturated rings. The van der Waals surface area contributed by atoms with E-state index in [9.17, 15) is 0 Å². The third-order valence-corrected chi connectivity index (χ3v) is 4.14. The van der Waals surface area contributed by atoms with Gasteiger partial charge in [-0.15, -0.1) is 0 Å². The molecule has 1 aromatic rings. The van der Waals surface area contributed by atoms with Gasteiger partial charge < -0.3 is 5.32 Å². The van der Waals surface area contributed by atoms with E-state index < -0.39 is 0 Å². The van der Waals surface area contributed by atoms with Crippen molar-refractivity contribution in [3.05, 3.63) is 35.9 Å². The maximum Gasteiger partial charge on any atom is 0.0320 e. The minimum atomic E-state index is 0.537. The Morgan fingerprint density at radius 1 is 1.40 bits per heavy atom. The van der Waals surface area contributed by atoms with Crippen LogP contribution in [-0.4, -0.2) is 17.5 Å². The van der Waals surface area contributed by atoms with Crippen molar-refractivity contribution in [2.75, 3.05) is 11.5 Å². The van der Waals surface area contributed by atoms with Crippen LogP contribution in [0.25, 0.3) is 0 Å². The van der Waals surface area contributed by atoms with Gasteiger partial charge in [0.1, 0.15) is 0 Å². The molecule has 1 aliphatic rings. The van der Waals surface area contributed by atoms with Crippen LogP contribution in [-0.2, 0) is 0 Å². The number of rotatable bonds is 4. The van der Waals surface area contributed by atoms with Crippen LogP contribution in [0.1, 0.15) is 31.4 Å². The van der Waals surface area contributed by atoms with E-state index in [1.165, 1.54) is 29.9 Å². The van der Waals surface area contributed by atoms with E-state index >= 15 is 0 Å². The van der Waals surface area contributed by atoms with E-state index in [1.807, 2.05) is 0 Å². The van der Waals surface area contributed by atoms with E-state index in [-0.39, 0.29) is 0 Å². The van der Waals surface area contributed by atoms with E-state index in [4.69, 9.17) is 0 Å². The van der Waals surface area contributed by atoms with Crippen LogP contribution in [0, 0.1) is 0 Å². The SMILES string of the molecule is CCC(NC1CCSC1)c1ccccc1. The second kappa shape index (κ2) is 5.57. The van der Waals surface area contributed by atoms with E-state index in [0.717, 1.165) is 6.04 Å². The molecule has 1 aliphatic heterocycles. The average Bonchev–Trinajstić information content (AvgIpc) is 2.80. The maximum atomic E-state index is 3.76. The fourth-order valence-electron chi connectivity index (χ4n) is 2.09. The number of hydrogen-bond acceptors (Lipinski definition) is 2. The highest BCUT2D eigenvalue weighted by Gasteiger charge is 2.19. The average molecular weight is 221 g/mol. The number of hydrogen-bond donors (Lipinski definition) is 1. The molecular weight excluding hydrogens is 202 g/mol. The van der Waals surface area contributed by atoms with Gasteiger partial charge in [0.05, 0.1) is 0 Å². The van der Waals surface area contributed by atoms with E-state index in [1.54, 1.807) is 0 Å². The molecule has 1 N–H and O–H groups in total. The Hall–Kier alpha value is -0.470. The van der Waals surface area contributed by atoms with Crippen molar-refractivity contribution in [2.45, 2.75) is 31.8 Å². The summed E-state index contributed by atoms with van der Waals surface area (Å²) in [5.41, 5.74) is 1.43. The second-order valence-electron chi connectivity index (χ2n) is 4.10. The van der Waals surface area contributed by atoms with Crippen LogP contribution in [0.4, 0.5) is 0 Å². The Kier molecular flexibility index (Phi) is 4.09. The van der Waals surface area contributed by atoms with Crippen molar-refractivity contribution in [1.82, 2.24) is 5.32 Å². The summed E-state index contributed by atoms with van der Waals surface area (Å²) in [5, 5.41) is 3.76. The van der Waals surface area contributed by atoms with Gasteiger partial charge in [-0.25, -0.2) is 0 Å². The molecule has 0 aliphatic carbocycles. The Morgan fingerprint density at radius 3 is 2.80 bits per heavy atom. The smallest absolute Gasteiger partial charge is 0.0320 e. The Labute approximate surface area is 96.7 Å². The van der Waals surface area contributed by atoms with Gasteiger partial charge in [0.15, 0.2) is 0 Å². The summed E-state index contributed by atoms with van der Waals surface area (Å²) in [6.45, 7) is 2.26. The largest absolute Gasteiger partial charge is 0.306 e. The van der Waals surface area contributed by atoms with Crippen molar-refractivity contribution >= 4 is 11.8 Å². The molecule has 1 aromatic carbocycles. The minimum absolute atomic E-state index is 0.537. The molecule has 0 saturated carbocycles. The summed E-state index contributed by atoms with van der Waals surface area (Å²) >= 11 is 2.07. The number of thioether (sulfide) groups is 1. The van der Waals surface area contributed by atoms with Crippen LogP contribution in [0.2, 0.25) is 0 Å². The fraction of sp³-hybridized carbons (Fsp3) is 0.538. The van der Waals surface area contributed by atoms with Gasteiger partial charge in [0.2, 0.25) is 0 Å². The lowest BCUT2D eigenvalue weighted by Crippen LogP contribution is -2.32. The van der Waals surface area contributed by atoms with E-state index in [2.05, 4.69) is 54.3 Å². The normalized spacial score (nSPS) is 22.9.